The zero-order chi connectivity index (χ0) is 15.2. The molecular weight excluding hydrogens is 286 g/mol. The Labute approximate surface area is 127 Å². The number of nitrogens with one attached hydrogen (secondary N) is 1. The van der Waals surface area contributed by atoms with Crippen LogP contribution in [-0.4, -0.2) is 22.4 Å². The molecule has 0 bridgehead atoms. The van der Waals surface area contributed by atoms with Gasteiger partial charge < -0.3 is 9.88 Å². The van der Waals surface area contributed by atoms with Gasteiger partial charge in [0.1, 0.15) is 0 Å². The number of benzene rings is 1. The molecule has 5 nitrogen and oxygen atoms in total. The lowest BCUT2D eigenvalue weighted by molar-refractivity contribution is -0.118. The van der Waals surface area contributed by atoms with Gasteiger partial charge in [-0.2, -0.15) is 4.99 Å². The molecule has 0 fully saturated rings. The van der Waals surface area contributed by atoms with Crippen LogP contribution in [0, 0.1) is 0 Å². The normalized spacial score (nSPS) is 13.0. The predicted octanol–water partition coefficient (Wildman–Crippen LogP) is 1.72. The highest BCUT2D eigenvalue weighted by molar-refractivity contribution is 7.07. The molecule has 1 aromatic carbocycles. The summed E-state index contributed by atoms with van der Waals surface area (Å²) >= 11 is 1.40. The highest BCUT2D eigenvalue weighted by atomic mass is 32.1. The minimum absolute atomic E-state index is 0.177. The van der Waals surface area contributed by atoms with E-state index < -0.39 is 0 Å². The molecular formula is C15H17N3O2S. The van der Waals surface area contributed by atoms with Crippen LogP contribution in [0.2, 0.25) is 0 Å². The molecule has 2 rings (SSSR count). The van der Waals surface area contributed by atoms with Crippen LogP contribution < -0.4 is 10.1 Å². The number of hydrogen-bond acceptors (Lipinski definition) is 3. The Morgan fingerprint density at radius 2 is 2.05 bits per heavy atom. The molecule has 6 heteroatoms. The Morgan fingerprint density at radius 3 is 2.67 bits per heavy atom. The minimum atomic E-state index is -0.265. The molecule has 1 N–H and O–H groups in total. The third-order valence-corrected chi connectivity index (χ3v) is 3.72. The van der Waals surface area contributed by atoms with Crippen LogP contribution in [0.1, 0.15) is 23.7 Å². The van der Waals surface area contributed by atoms with Crippen LogP contribution in [0.25, 0.3) is 0 Å². The second-order valence-corrected chi connectivity index (χ2v) is 5.62. The smallest absolute Gasteiger partial charge is 0.251 e. The average molecular weight is 303 g/mol. The molecule has 2 amide bonds. The third-order valence-electron chi connectivity index (χ3n) is 2.87. The number of amides is 2. The van der Waals surface area contributed by atoms with Crippen molar-refractivity contribution in [3.8, 4) is 0 Å². The van der Waals surface area contributed by atoms with E-state index in [9.17, 15) is 9.59 Å². The summed E-state index contributed by atoms with van der Waals surface area (Å²) in [5.41, 5.74) is 0.582. The van der Waals surface area contributed by atoms with E-state index in [1.54, 1.807) is 35.8 Å². The standard InChI is InChI=1S/C15H17N3O2S/c1-11(16-14(20)12-6-4-3-5-7-12)10-13(19)17-15-18(2)8-9-21-15/h3-9,11H,10H2,1-2H3,(H,16,20). The highest BCUT2D eigenvalue weighted by Gasteiger charge is 2.12. The van der Waals surface area contributed by atoms with E-state index in [1.165, 1.54) is 11.3 Å². The molecule has 0 saturated carbocycles. The number of rotatable bonds is 4. The molecule has 2 aromatic rings. The van der Waals surface area contributed by atoms with Crippen LogP contribution in [0.4, 0.5) is 0 Å². The van der Waals surface area contributed by atoms with Crippen molar-refractivity contribution >= 4 is 23.2 Å². The molecule has 1 aromatic heterocycles. The second-order valence-electron chi connectivity index (χ2n) is 4.75. The summed E-state index contributed by atoms with van der Waals surface area (Å²) < 4.78 is 1.79. The minimum Gasteiger partial charge on any atom is -0.349 e. The van der Waals surface area contributed by atoms with Gasteiger partial charge in [0.25, 0.3) is 5.91 Å². The van der Waals surface area contributed by atoms with Gasteiger partial charge in [0.05, 0.1) is 0 Å². The van der Waals surface area contributed by atoms with Crippen molar-refractivity contribution in [1.82, 2.24) is 9.88 Å². The number of nitrogens with zero attached hydrogens (tertiary/aromatic N) is 2. The van der Waals surface area contributed by atoms with Crippen LogP contribution >= 0.6 is 11.3 Å². The van der Waals surface area contributed by atoms with E-state index in [4.69, 9.17) is 0 Å². The first-order chi connectivity index (χ1) is 10.1. The lowest BCUT2D eigenvalue weighted by atomic mass is 10.2. The third kappa shape index (κ3) is 4.39. The zero-order valence-corrected chi connectivity index (χ0v) is 12.8. The number of carbonyl (C=O) groups excluding carboxylic acids is 2. The van der Waals surface area contributed by atoms with Crippen molar-refractivity contribution in [3.63, 3.8) is 0 Å². The lowest BCUT2D eigenvalue weighted by Crippen LogP contribution is -2.34. The molecule has 21 heavy (non-hydrogen) atoms. The van der Waals surface area contributed by atoms with E-state index in [-0.39, 0.29) is 24.3 Å². The first-order valence-corrected chi connectivity index (χ1v) is 7.48. The van der Waals surface area contributed by atoms with Crippen molar-refractivity contribution in [3.05, 3.63) is 52.3 Å². The fourth-order valence-electron chi connectivity index (χ4n) is 1.80. The van der Waals surface area contributed by atoms with E-state index in [2.05, 4.69) is 10.3 Å². The Balaban J connectivity index is 1.93. The van der Waals surface area contributed by atoms with Gasteiger partial charge >= 0.3 is 0 Å². The SMILES string of the molecule is CC(CC(=O)N=c1sccn1C)NC(=O)c1ccccc1. The highest BCUT2D eigenvalue weighted by Crippen LogP contribution is 2.01. The molecule has 1 heterocycles. The molecule has 0 saturated heterocycles. The van der Waals surface area contributed by atoms with E-state index in [1.807, 2.05) is 24.7 Å². The van der Waals surface area contributed by atoms with Gasteiger partial charge in [0.15, 0.2) is 4.80 Å². The summed E-state index contributed by atoms with van der Waals surface area (Å²) in [5.74, 6) is -0.425. The summed E-state index contributed by atoms with van der Waals surface area (Å²) in [5, 5.41) is 4.67. The first kappa shape index (κ1) is 15.2. The van der Waals surface area contributed by atoms with Gasteiger partial charge in [-0.1, -0.05) is 18.2 Å². The van der Waals surface area contributed by atoms with Gasteiger partial charge in [-0.05, 0) is 19.1 Å². The maximum atomic E-state index is 12.0. The van der Waals surface area contributed by atoms with Gasteiger partial charge in [-0.15, -0.1) is 11.3 Å². The van der Waals surface area contributed by atoms with Gasteiger partial charge in [0.2, 0.25) is 5.91 Å². The Hall–Kier alpha value is -2.21. The maximum Gasteiger partial charge on any atom is 0.251 e. The van der Waals surface area contributed by atoms with Crippen molar-refractivity contribution in [1.29, 1.82) is 0 Å². The molecule has 0 spiro atoms. The van der Waals surface area contributed by atoms with E-state index >= 15 is 0 Å². The summed E-state index contributed by atoms with van der Waals surface area (Å²) in [6.07, 6.45) is 2.02. The fourth-order valence-corrected chi connectivity index (χ4v) is 2.54. The van der Waals surface area contributed by atoms with Crippen LogP contribution in [0.5, 0.6) is 0 Å². The average Bonchev–Trinajstić information content (AvgIpc) is 2.84. The topological polar surface area (TPSA) is 63.5 Å². The van der Waals surface area contributed by atoms with Crippen LogP contribution in [0.15, 0.2) is 46.9 Å². The number of aryl methyl sites for hydroxylation is 1. The lowest BCUT2D eigenvalue weighted by Gasteiger charge is -2.11. The Kier molecular flexibility index (Phi) is 5.05. The molecule has 0 radical (unpaired) electrons. The molecule has 0 aliphatic rings. The van der Waals surface area contributed by atoms with Crippen molar-refractivity contribution in [2.45, 2.75) is 19.4 Å². The van der Waals surface area contributed by atoms with Crippen LogP contribution in [-0.2, 0) is 11.8 Å². The van der Waals surface area contributed by atoms with E-state index in [0.29, 0.717) is 10.4 Å². The number of carbonyl (C=O) groups is 2. The maximum absolute atomic E-state index is 12.0. The van der Waals surface area contributed by atoms with Crippen molar-refractivity contribution in [2.24, 2.45) is 12.0 Å². The van der Waals surface area contributed by atoms with Crippen molar-refractivity contribution < 1.29 is 9.59 Å². The summed E-state index contributed by atoms with van der Waals surface area (Å²) in [6, 6.07) is 8.66. The van der Waals surface area contributed by atoms with Crippen molar-refractivity contribution in [2.75, 3.05) is 0 Å². The Morgan fingerprint density at radius 1 is 1.33 bits per heavy atom. The quantitative estimate of drug-likeness (QED) is 0.935. The van der Waals surface area contributed by atoms with E-state index in [0.717, 1.165) is 0 Å². The molecule has 1 atom stereocenters. The van der Waals surface area contributed by atoms with Gasteiger partial charge in [0, 0.05) is 36.7 Å². The fraction of sp³-hybridized carbons (Fsp3) is 0.267. The molecule has 110 valence electrons. The number of hydrogen-bond donors (Lipinski definition) is 1. The number of aromatic nitrogens is 1. The van der Waals surface area contributed by atoms with Gasteiger partial charge in [-0.25, -0.2) is 0 Å². The first-order valence-electron chi connectivity index (χ1n) is 6.60. The summed E-state index contributed by atoms with van der Waals surface area (Å²) in [4.78, 5) is 28.5. The zero-order valence-electron chi connectivity index (χ0n) is 11.9. The van der Waals surface area contributed by atoms with Gasteiger partial charge in [-0.3, -0.25) is 9.59 Å². The summed E-state index contributed by atoms with van der Waals surface area (Å²) in [6.45, 7) is 1.79. The largest absolute Gasteiger partial charge is 0.349 e. The molecule has 0 aliphatic carbocycles. The predicted molar refractivity (Wildman–Crippen MR) is 81.8 cm³/mol. The Bertz CT molecular complexity index is 688. The molecule has 0 aliphatic heterocycles. The number of thiazole rings is 1. The monoisotopic (exact) mass is 303 g/mol. The summed E-state index contributed by atoms with van der Waals surface area (Å²) in [7, 11) is 1.84. The second kappa shape index (κ2) is 6.99. The molecule has 1 unspecified atom stereocenters. The van der Waals surface area contributed by atoms with Crippen LogP contribution in [0.3, 0.4) is 0 Å².